The zero-order valence-electron chi connectivity index (χ0n) is 24.3. The highest BCUT2D eigenvalue weighted by Crippen LogP contribution is 2.50. The second-order valence-electron chi connectivity index (χ2n) is 13.9. The Morgan fingerprint density at radius 1 is 1.05 bits per heavy atom. The lowest BCUT2D eigenvalue weighted by molar-refractivity contribution is -0.125. The van der Waals surface area contributed by atoms with E-state index >= 15 is 0 Å². The summed E-state index contributed by atoms with van der Waals surface area (Å²) in [6.45, 7) is 4.99. The molecular weight excluding hydrogens is 586 g/mol. The molecule has 2 saturated carbocycles. The number of aryl methyl sites for hydroxylation is 1. The van der Waals surface area contributed by atoms with Gasteiger partial charge in [-0.3, -0.25) is 4.90 Å². The molecule has 10 heteroatoms. The topological polar surface area (TPSA) is 88.2 Å². The maximum atomic E-state index is 13.4. The van der Waals surface area contributed by atoms with Crippen LogP contribution in [0.4, 0.5) is 10.5 Å². The normalized spacial score (nSPS) is 36.6. The largest absolute Gasteiger partial charge is 0.490 e. The molecule has 228 valence electrons. The Morgan fingerprint density at radius 3 is 2.72 bits per heavy atom. The van der Waals surface area contributed by atoms with Crippen LogP contribution in [0.3, 0.4) is 0 Å². The Kier molecular flexibility index (Phi) is 6.55. The molecule has 0 aromatic heterocycles. The number of allylic oxidation sites excluding steroid dienone is 1. The molecule has 3 atom stereocenters. The zero-order chi connectivity index (χ0) is 29.4. The van der Waals surface area contributed by atoms with Crippen molar-refractivity contribution in [2.24, 2.45) is 17.3 Å². The van der Waals surface area contributed by atoms with Crippen molar-refractivity contribution in [3.8, 4) is 5.75 Å². The lowest BCUT2D eigenvalue weighted by Gasteiger charge is -2.58. The molecule has 3 fully saturated rings. The molecule has 1 saturated heterocycles. The van der Waals surface area contributed by atoms with Crippen LogP contribution < -0.4 is 14.4 Å². The summed E-state index contributed by atoms with van der Waals surface area (Å²) in [6, 6.07) is 11.2. The van der Waals surface area contributed by atoms with E-state index in [1.54, 1.807) is 12.1 Å². The van der Waals surface area contributed by atoms with Gasteiger partial charge in [-0.25, -0.2) is 17.9 Å². The molecule has 5 bridgehead atoms. The first kappa shape index (κ1) is 27.8. The first-order chi connectivity index (χ1) is 20.7. The Hall–Kier alpha value is -2.75. The average molecular weight is 624 g/mol. The number of hydrogen-bond donors (Lipinski definition) is 1. The quantitative estimate of drug-likeness (QED) is 0.399. The molecule has 5 heterocycles. The molecule has 2 aromatic carbocycles. The molecular formula is C33H38ClN3O5S. The van der Waals surface area contributed by atoms with Crippen molar-refractivity contribution in [3.63, 3.8) is 0 Å². The third-order valence-electron chi connectivity index (χ3n) is 10.9. The van der Waals surface area contributed by atoms with Crippen LogP contribution in [0.25, 0.3) is 0 Å². The van der Waals surface area contributed by atoms with Gasteiger partial charge in [0.15, 0.2) is 0 Å². The van der Waals surface area contributed by atoms with Crippen LogP contribution in [0.5, 0.6) is 5.75 Å². The van der Waals surface area contributed by atoms with Gasteiger partial charge in [0, 0.05) is 48.6 Å². The number of benzene rings is 2. The highest BCUT2D eigenvalue weighted by atomic mass is 35.5. The summed E-state index contributed by atoms with van der Waals surface area (Å²) < 4.78 is 41.1. The van der Waals surface area contributed by atoms with Crippen LogP contribution >= 0.6 is 11.6 Å². The van der Waals surface area contributed by atoms with Gasteiger partial charge in [0.2, 0.25) is 0 Å². The lowest BCUT2D eigenvalue weighted by atomic mass is 9.62. The highest BCUT2D eigenvalue weighted by Gasteiger charge is 2.53. The first-order valence-corrected chi connectivity index (χ1v) is 17.5. The smallest absolute Gasteiger partial charge is 0.421 e. The van der Waals surface area contributed by atoms with Crippen LogP contribution in [-0.4, -0.2) is 64.8 Å². The van der Waals surface area contributed by atoms with E-state index < -0.39 is 16.1 Å². The number of hydrogen-bond acceptors (Lipinski definition) is 7. The van der Waals surface area contributed by atoms with Gasteiger partial charge in [0.25, 0.3) is 10.0 Å². The summed E-state index contributed by atoms with van der Waals surface area (Å²) in [5, 5.41) is 0.747. The number of rotatable bonds is 0. The number of carbonyl (C=O) groups is 1. The van der Waals surface area contributed by atoms with Gasteiger partial charge in [-0.1, -0.05) is 29.8 Å². The predicted octanol–water partition coefficient (Wildman–Crippen LogP) is 5.29. The molecule has 2 spiro atoms. The van der Waals surface area contributed by atoms with Crippen LogP contribution in [0.2, 0.25) is 5.02 Å². The van der Waals surface area contributed by atoms with E-state index in [-0.39, 0.29) is 21.8 Å². The van der Waals surface area contributed by atoms with Gasteiger partial charge < -0.3 is 14.4 Å². The maximum absolute atomic E-state index is 13.4. The maximum Gasteiger partial charge on any atom is 0.421 e. The van der Waals surface area contributed by atoms with Crippen molar-refractivity contribution in [1.29, 1.82) is 0 Å². The molecule has 1 N–H and O–H groups in total. The van der Waals surface area contributed by atoms with Crippen LogP contribution in [0.1, 0.15) is 49.7 Å². The monoisotopic (exact) mass is 623 g/mol. The van der Waals surface area contributed by atoms with Crippen LogP contribution in [0, 0.1) is 17.3 Å². The van der Waals surface area contributed by atoms with E-state index in [1.807, 2.05) is 6.07 Å². The van der Waals surface area contributed by atoms with Gasteiger partial charge in [-0.15, -0.1) is 0 Å². The zero-order valence-corrected chi connectivity index (χ0v) is 25.8. The van der Waals surface area contributed by atoms with E-state index in [2.05, 4.69) is 38.8 Å². The van der Waals surface area contributed by atoms with Gasteiger partial charge in [0.05, 0.1) is 17.2 Å². The summed E-state index contributed by atoms with van der Waals surface area (Å²) in [5.41, 5.74) is 3.27. The number of fused-ring (bicyclic) bond motifs is 2. The molecule has 8 aliphatic rings. The number of halogens is 1. The lowest BCUT2D eigenvalue weighted by Crippen LogP contribution is -2.64. The minimum atomic E-state index is -4.14. The fraction of sp³-hybridized carbons (Fsp3) is 0.545. The number of carbonyl (C=O) groups excluding carboxylic acids is 1. The second-order valence-corrected chi connectivity index (χ2v) is 16.0. The third-order valence-corrected chi connectivity index (χ3v) is 12.5. The molecule has 1 amide bonds. The van der Waals surface area contributed by atoms with Crippen molar-refractivity contribution in [3.05, 3.63) is 64.7 Å². The minimum Gasteiger partial charge on any atom is -0.490 e. The highest BCUT2D eigenvalue weighted by molar-refractivity contribution is 7.90. The van der Waals surface area contributed by atoms with E-state index in [1.165, 1.54) is 23.6 Å². The molecule has 0 unspecified atom stereocenters. The van der Waals surface area contributed by atoms with Crippen molar-refractivity contribution in [2.45, 2.75) is 61.4 Å². The number of amides is 1. The summed E-state index contributed by atoms with van der Waals surface area (Å²) in [5.74, 6) is 1.65. The molecule has 10 rings (SSSR count). The van der Waals surface area contributed by atoms with Crippen molar-refractivity contribution < 1.29 is 22.7 Å². The Balaban J connectivity index is 1.16. The number of ether oxygens (including phenoxy) is 2. The molecule has 43 heavy (non-hydrogen) atoms. The number of anilines is 1. The van der Waals surface area contributed by atoms with E-state index in [4.69, 9.17) is 21.1 Å². The van der Waals surface area contributed by atoms with Crippen LogP contribution in [-0.2, 0) is 26.6 Å². The summed E-state index contributed by atoms with van der Waals surface area (Å²) in [7, 11) is -4.14. The summed E-state index contributed by atoms with van der Waals surface area (Å²) in [4.78, 5) is 17.5. The fourth-order valence-electron chi connectivity index (χ4n) is 8.63. The van der Waals surface area contributed by atoms with Gasteiger partial charge in [-0.05, 0) is 98.2 Å². The molecule has 3 aliphatic carbocycles. The Bertz CT molecular complexity index is 1600. The van der Waals surface area contributed by atoms with Gasteiger partial charge >= 0.3 is 6.09 Å². The van der Waals surface area contributed by atoms with E-state index in [9.17, 15) is 13.2 Å². The standard InChI is InChI=1S/C33H38ClN3O5S/c34-25-7-9-28-23(13-25)3-1-11-33(28)20-37-17-24-6-5-22(24)4-2-12-36-18-32(19-36)15-26(16-32)42-31(38)35-43(39,40)27-8-10-30(41-21-33)29(37)14-27/h2,4,7-10,13-14,22,24,26H,1,3,5-6,11-12,15-21H2,(H,35,38)/b4-2+/t22-,24+,33+/m1/s1. The second kappa shape index (κ2) is 10.1. The van der Waals surface area contributed by atoms with Crippen molar-refractivity contribution in [2.75, 3.05) is 44.2 Å². The fourth-order valence-corrected chi connectivity index (χ4v) is 9.72. The van der Waals surface area contributed by atoms with Gasteiger partial charge in [0.1, 0.15) is 11.9 Å². The SMILES string of the molecule is O=C1NS(=O)(=O)c2ccc3c(c2)N(C[C@@H]2CC[C@H]2/C=C/CN2CC4(CC(C4)O1)C2)C[C@@]1(CCCc2cc(Cl)ccc21)CO3. The molecule has 5 aliphatic heterocycles. The average Bonchev–Trinajstić information content (AvgIpc) is 3.06. The number of nitrogens with one attached hydrogen (secondary N) is 1. The third kappa shape index (κ3) is 4.92. The molecule has 2 aromatic rings. The van der Waals surface area contributed by atoms with E-state index in [0.29, 0.717) is 24.2 Å². The predicted molar refractivity (Wildman–Crippen MR) is 164 cm³/mol. The molecule has 0 radical (unpaired) electrons. The minimum absolute atomic E-state index is 0.0336. The number of nitrogens with zero attached hydrogens (tertiary/aromatic N) is 2. The Labute approximate surface area is 258 Å². The first-order valence-electron chi connectivity index (χ1n) is 15.6. The van der Waals surface area contributed by atoms with Gasteiger partial charge in [-0.2, -0.15) is 0 Å². The number of sulfonamides is 1. The van der Waals surface area contributed by atoms with Crippen molar-refractivity contribution in [1.82, 2.24) is 9.62 Å². The van der Waals surface area contributed by atoms with E-state index in [0.717, 1.165) is 82.0 Å². The summed E-state index contributed by atoms with van der Waals surface area (Å²) in [6.07, 6.45) is 10.5. The Morgan fingerprint density at radius 2 is 1.91 bits per heavy atom. The van der Waals surface area contributed by atoms with Crippen molar-refractivity contribution >= 4 is 33.4 Å². The molecule has 8 nitrogen and oxygen atoms in total. The summed E-state index contributed by atoms with van der Waals surface area (Å²) >= 11 is 6.40. The van der Waals surface area contributed by atoms with Crippen LogP contribution in [0.15, 0.2) is 53.4 Å².